The fourth-order valence-corrected chi connectivity index (χ4v) is 3.24. The van der Waals surface area contributed by atoms with Gasteiger partial charge in [0.2, 0.25) is 17.7 Å². The third-order valence-corrected chi connectivity index (χ3v) is 4.89. The van der Waals surface area contributed by atoms with E-state index in [0.717, 1.165) is 19.3 Å². The summed E-state index contributed by atoms with van der Waals surface area (Å²) in [6.07, 6.45) is 10.6. The molecule has 0 fully saturated rings. The van der Waals surface area contributed by atoms with Crippen molar-refractivity contribution < 1.29 is 24.3 Å². The number of carbonyl (C=O) groups excluding carboxylic acids is 3. The predicted molar refractivity (Wildman–Crippen MR) is 117 cm³/mol. The van der Waals surface area contributed by atoms with Crippen molar-refractivity contribution >= 4 is 23.7 Å². The number of carboxylic acid groups (broad SMARTS) is 1. The van der Waals surface area contributed by atoms with E-state index in [9.17, 15) is 19.2 Å². The van der Waals surface area contributed by atoms with Crippen molar-refractivity contribution in [3.8, 4) is 0 Å². The normalized spacial score (nSPS) is 12.9. The lowest BCUT2D eigenvalue weighted by Gasteiger charge is -2.22. The van der Waals surface area contributed by atoms with Gasteiger partial charge in [-0.05, 0) is 18.8 Å². The highest BCUT2D eigenvalue weighted by molar-refractivity contribution is 5.92. The Hall–Kier alpha value is -2.12. The smallest absolute Gasteiger partial charge is 0.326 e. The summed E-state index contributed by atoms with van der Waals surface area (Å²) in [6, 6.07) is -2.25. The van der Waals surface area contributed by atoms with Crippen LogP contribution in [-0.2, 0) is 19.2 Å². The Kier molecular flexibility index (Phi) is 15.5. The first kappa shape index (κ1) is 27.9. The highest BCUT2D eigenvalue weighted by Gasteiger charge is 2.28. The number of aliphatic carboxylic acids is 1. The van der Waals surface area contributed by atoms with Crippen LogP contribution < -0.4 is 16.4 Å². The number of nitrogens with two attached hydrogens (primary N) is 1. The van der Waals surface area contributed by atoms with Crippen molar-refractivity contribution in [3.63, 3.8) is 0 Å². The molecular formula is C22H41N3O5. The summed E-state index contributed by atoms with van der Waals surface area (Å²) in [5.41, 5.74) is 5.04. The number of nitrogens with one attached hydrogen (secondary N) is 2. The van der Waals surface area contributed by atoms with Crippen LogP contribution in [0.2, 0.25) is 0 Å². The number of amides is 3. The molecule has 0 unspecified atom stereocenters. The molecule has 0 aliphatic carbocycles. The Morgan fingerprint density at radius 2 is 1.37 bits per heavy atom. The highest BCUT2D eigenvalue weighted by Crippen LogP contribution is 2.11. The standard InChI is InChI=1S/C22H41N3O5/c1-4-5-6-7-8-9-10-11-12-13-20(27)24-17(14-16(2)3)21(28)25-18(22(29)30)15-19(23)26/h16-18H,4-15H2,1-3H3,(H2,23,26)(H,24,27)(H,25,28)(H,29,30)/t17-,18-/m0/s1. The first-order chi connectivity index (χ1) is 14.2. The monoisotopic (exact) mass is 427 g/mol. The van der Waals surface area contributed by atoms with E-state index in [-0.39, 0.29) is 11.8 Å². The van der Waals surface area contributed by atoms with E-state index in [0.29, 0.717) is 12.8 Å². The average Bonchev–Trinajstić information content (AvgIpc) is 2.64. The molecule has 0 saturated carbocycles. The van der Waals surface area contributed by atoms with Crippen molar-refractivity contribution in [1.29, 1.82) is 0 Å². The molecule has 3 amide bonds. The molecule has 0 heterocycles. The Morgan fingerprint density at radius 3 is 1.83 bits per heavy atom. The lowest BCUT2D eigenvalue weighted by atomic mass is 10.0. The second-order valence-corrected chi connectivity index (χ2v) is 8.40. The fourth-order valence-electron chi connectivity index (χ4n) is 3.24. The minimum absolute atomic E-state index is 0.119. The topological polar surface area (TPSA) is 139 Å². The quantitative estimate of drug-likeness (QED) is 0.249. The first-order valence-electron chi connectivity index (χ1n) is 11.3. The van der Waals surface area contributed by atoms with Crippen molar-refractivity contribution in [1.82, 2.24) is 10.6 Å². The van der Waals surface area contributed by atoms with Gasteiger partial charge in [-0.2, -0.15) is 0 Å². The molecule has 0 spiro atoms. The summed E-state index contributed by atoms with van der Waals surface area (Å²) in [4.78, 5) is 47.0. The number of unbranched alkanes of at least 4 members (excludes halogenated alkanes) is 8. The first-order valence-corrected chi connectivity index (χ1v) is 11.3. The molecule has 0 rings (SSSR count). The summed E-state index contributed by atoms with van der Waals surface area (Å²) in [5, 5.41) is 14.2. The van der Waals surface area contributed by atoms with Crippen molar-refractivity contribution in [2.45, 2.75) is 110 Å². The molecule has 0 radical (unpaired) electrons. The number of carboxylic acids is 1. The number of hydrogen-bond donors (Lipinski definition) is 4. The largest absolute Gasteiger partial charge is 0.480 e. The molecule has 0 aliphatic heterocycles. The van der Waals surface area contributed by atoms with Gasteiger partial charge in [0.1, 0.15) is 12.1 Å². The molecule has 0 bridgehead atoms. The predicted octanol–water partition coefficient (Wildman–Crippen LogP) is 2.88. The number of rotatable bonds is 18. The third-order valence-electron chi connectivity index (χ3n) is 4.89. The van der Waals surface area contributed by atoms with Crippen molar-refractivity contribution in [2.24, 2.45) is 11.7 Å². The zero-order chi connectivity index (χ0) is 22.9. The van der Waals surface area contributed by atoms with E-state index in [2.05, 4.69) is 17.6 Å². The van der Waals surface area contributed by atoms with Gasteiger partial charge < -0.3 is 21.5 Å². The molecule has 8 nitrogen and oxygen atoms in total. The molecule has 174 valence electrons. The summed E-state index contributed by atoms with van der Waals surface area (Å²) < 4.78 is 0. The van der Waals surface area contributed by atoms with Crippen LogP contribution in [0.15, 0.2) is 0 Å². The molecule has 0 aromatic carbocycles. The van der Waals surface area contributed by atoms with E-state index in [1.165, 1.54) is 38.5 Å². The molecule has 2 atom stereocenters. The minimum atomic E-state index is -1.40. The second-order valence-electron chi connectivity index (χ2n) is 8.40. The van der Waals surface area contributed by atoms with Gasteiger partial charge >= 0.3 is 5.97 Å². The maximum absolute atomic E-state index is 12.5. The SMILES string of the molecule is CCCCCCCCCCCC(=O)N[C@@H](CC(C)C)C(=O)N[C@@H](CC(N)=O)C(=O)O. The molecule has 5 N–H and O–H groups in total. The van der Waals surface area contributed by atoms with Crippen LogP contribution in [0, 0.1) is 5.92 Å². The van der Waals surface area contributed by atoms with E-state index in [1.807, 2.05) is 13.8 Å². The summed E-state index contributed by atoms with van der Waals surface area (Å²) >= 11 is 0. The van der Waals surface area contributed by atoms with Crippen LogP contribution >= 0.6 is 0 Å². The fraction of sp³-hybridized carbons (Fsp3) is 0.818. The summed E-state index contributed by atoms with van der Waals surface area (Å²) in [6.45, 7) is 6.02. The van der Waals surface area contributed by atoms with Crippen LogP contribution in [-0.4, -0.2) is 40.9 Å². The highest BCUT2D eigenvalue weighted by atomic mass is 16.4. The summed E-state index contributed by atoms with van der Waals surface area (Å²) in [5.74, 6) is -2.88. The van der Waals surface area contributed by atoms with Gasteiger partial charge in [0.05, 0.1) is 6.42 Å². The van der Waals surface area contributed by atoms with Gasteiger partial charge in [0.25, 0.3) is 0 Å². The lowest BCUT2D eigenvalue weighted by molar-refractivity contribution is -0.143. The molecule has 0 aromatic rings. The summed E-state index contributed by atoms with van der Waals surface area (Å²) in [7, 11) is 0. The molecule has 30 heavy (non-hydrogen) atoms. The van der Waals surface area contributed by atoms with Gasteiger partial charge in [0, 0.05) is 6.42 Å². The third kappa shape index (κ3) is 14.8. The van der Waals surface area contributed by atoms with Crippen LogP contribution in [0.1, 0.15) is 97.8 Å². The van der Waals surface area contributed by atoms with E-state index < -0.39 is 36.3 Å². The Balaban J connectivity index is 4.40. The van der Waals surface area contributed by atoms with Crippen LogP contribution in [0.4, 0.5) is 0 Å². The molecule has 8 heteroatoms. The van der Waals surface area contributed by atoms with Crippen LogP contribution in [0.3, 0.4) is 0 Å². The van der Waals surface area contributed by atoms with Crippen LogP contribution in [0.25, 0.3) is 0 Å². The van der Waals surface area contributed by atoms with Gasteiger partial charge in [-0.1, -0.05) is 72.1 Å². The van der Waals surface area contributed by atoms with Crippen molar-refractivity contribution in [3.05, 3.63) is 0 Å². The van der Waals surface area contributed by atoms with Crippen molar-refractivity contribution in [2.75, 3.05) is 0 Å². The van der Waals surface area contributed by atoms with E-state index in [1.54, 1.807) is 0 Å². The second kappa shape index (κ2) is 16.7. The van der Waals surface area contributed by atoms with Gasteiger partial charge in [-0.15, -0.1) is 0 Å². The Labute approximate surface area is 180 Å². The number of hydrogen-bond acceptors (Lipinski definition) is 4. The Bertz CT molecular complexity index is 537. The lowest BCUT2D eigenvalue weighted by Crippen LogP contribution is -2.52. The molecular weight excluding hydrogens is 386 g/mol. The number of carbonyl (C=O) groups is 4. The van der Waals surface area contributed by atoms with E-state index in [4.69, 9.17) is 10.8 Å². The molecule has 0 saturated heterocycles. The van der Waals surface area contributed by atoms with Crippen LogP contribution in [0.5, 0.6) is 0 Å². The van der Waals surface area contributed by atoms with Gasteiger partial charge in [-0.25, -0.2) is 4.79 Å². The van der Waals surface area contributed by atoms with Gasteiger partial charge in [0.15, 0.2) is 0 Å². The number of primary amides is 1. The average molecular weight is 428 g/mol. The molecule has 0 aromatic heterocycles. The zero-order valence-electron chi connectivity index (χ0n) is 18.9. The maximum Gasteiger partial charge on any atom is 0.326 e. The minimum Gasteiger partial charge on any atom is -0.480 e. The maximum atomic E-state index is 12.5. The van der Waals surface area contributed by atoms with E-state index >= 15 is 0 Å². The zero-order valence-corrected chi connectivity index (χ0v) is 18.9. The Morgan fingerprint density at radius 1 is 0.833 bits per heavy atom. The van der Waals surface area contributed by atoms with Gasteiger partial charge in [-0.3, -0.25) is 14.4 Å². The molecule has 0 aliphatic rings.